The predicted molar refractivity (Wildman–Crippen MR) is 108 cm³/mol. The summed E-state index contributed by atoms with van der Waals surface area (Å²) in [5, 5.41) is 3.50. The maximum absolute atomic E-state index is 5.98. The molecule has 1 N–H and O–H groups in total. The Morgan fingerprint density at radius 2 is 1.19 bits per heavy atom. The minimum Gasteiger partial charge on any atom is -0.457 e. The van der Waals surface area contributed by atoms with E-state index >= 15 is 0 Å². The molecule has 26 heavy (non-hydrogen) atoms. The zero-order valence-electron chi connectivity index (χ0n) is 14.3. The van der Waals surface area contributed by atoms with E-state index in [9.17, 15) is 0 Å². The van der Waals surface area contributed by atoms with E-state index in [0.29, 0.717) is 0 Å². The van der Waals surface area contributed by atoms with Crippen LogP contribution in [0.1, 0.15) is 0 Å². The van der Waals surface area contributed by atoms with E-state index in [2.05, 4.69) is 47.8 Å². The van der Waals surface area contributed by atoms with E-state index < -0.39 is 0 Å². The van der Waals surface area contributed by atoms with E-state index in [-0.39, 0.29) is 0 Å². The molecule has 4 aromatic carbocycles. The van der Waals surface area contributed by atoms with Crippen molar-refractivity contribution in [3.05, 3.63) is 109 Å². The van der Waals surface area contributed by atoms with Gasteiger partial charge in [-0.3, -0.25) is 0 Å². The van der Waals surface area contributed by atoms with E-state index in [1.54, 1.807) is 0 Å². The molecule has 2 heteroatoms. The Hall–Kier alpha value is -3.52. The van der Waals surface area contributed by atoms with Crippen molar-refractivity contribution >= 4 is 11.4 Å². The van der Waals surface area contributed by atoms with Gasteiger partial charge in [0.15, 0.2) is 0 Å². The standard InChI is InChI=1S/C24H19NO/c1-3-11-20(12-4-1)25-24-17-8-7-16-23(24)19-10-9-15-22(18-19)26-21-13-5-2-6-14-21/h1-18,25H. The zero-order chi connectivity index (χ0) is 17.6. The van der Waals surface area contributed by atoms with Gasteiger partial charge >= 0.3 is 0 Å². The van der Waals surface area contributed by atoms with Crippen molar-refractivity contribution in [3.8, 4) is 22.6 Å². The second kappa shape index (κ2) is 7.58. The normalized spacial score (nSPS) is 10.3. The van der Waals surface area contributed by atoms with Crippen molar-refractivity contribution in [2.45, 2.75) is 0 Å². The highest BCUT2D eigenvalue weighted by molar-refractivity contribution is 5.81. The molecule has 0 aliphatic rings. The van der Waals surface area contributed by atoms with E-state index in [4.69, 9.17) is 4.74 Å². The molecule has 0 aliphatic carbocycles. The van der Waals surface area contributed by atoms with Gasteiger partial charge in [0, 0.05) is 16.9 Å². The molecule has 0 amide bonds. The Kier molecular flexibility index (Phi) is 4.66. The van der Waals surface area contributed by atoms with Crippen LogP contribution in [0.5, 0.6) is 11.5 Å². The molecule has 0 fully saturated rings. The second-order valence-electron chi connectivity index (χ2n) is 5.98. The van der Waals surface area contributed by atoms with E-state index in [0.717, 1.165) is 34.0 Å². The fraction of sp³-hybridized carbons (Fsp3) is 0. The van der Waals surface area contributed by atoms with E-state index in [1.165, 1.54) is 0 Å². The minimum atomic E-state index is 0.822. The largest absolute Gasteiger partial charge is 0.457 e. The van der Waals surface area contributed by atoms with Crippen molar-refractivity contribution in [1.29, 1.82) is 0 Å². The summed E-state index contributed by atoms with van der Waals surface area (Å²) in [5.74, 6) is 1.66. The van der Waals surface area contributed by atoms with Crippen LogP contribution in [-0.2, 0) is 0 Å². The molecule has 4 aromatic rings. The lowest BCUT2D eigenvalue weighted by Crippen LogP contribution is -1.93. The highest BCUT2D eigenvalue weighted by Crippen LogP contribution is 2.33. The molecule has 0 saturated carbocycles. The average molecular weight is 337 g/mol. The van der Waals surface area contributed by atoms with Crippen LogP contribution in [0.4, 0.5) is 11.4 Å². The third kappa shape index (κ3) is 3.76. The van der Waals surface area contributed by atoms with Crippen molar-refractivity contribution in [2.75, 3.05) is 5.32 Å². The molecular weight excluding hydrogens is 318 g/mol. The molecule has 2 nitrogen and oxygen atoms in total. The minimum absolute atomic E-state index is 0.822. The highest BCUT2D eigenvalue weighted by atomic mass is 16.5. The molecule has 0 atom stereocenters. The molecule has 0 heterocycles. The molecule has 0 aromatic heterocycles. The maximum atomic E-state index is 5.98. The molecule has 4 rings (SSSR count). The lowest BCUT2D eigenvalue weighted by atomic mass is 10.0. The molecule has 0 spiro atoms. The van der Waals surface area contributed by atoms with Gasteiger partial charge in [0.05, 0.1) is 0 Å². The van der Waals surface area contributed by atoms with Gasteiger partial charge in [0.1, 0.15) is 11.5 Å². The summed E-state index contributed by atoms with van der Waals surface area (Å²) in [5.41, 5.74) is 4.37. The number of nitrogens with one attached hydrogen (secondary N) is 1. The Bertz CT molecular complexity index is 981. The van der Waals surface area contributed by atoms with Crippen LogP contribution in [0.15, 0.2) is 109 Å². The van der Waals surface area contributed by atoms with Gasteiger partial charge in [-0.1, -0.05) is 66.7 Å². The lowest BCUT2D eigenvalue weighted by Gasteiger charge is -2.13. The van der Waals surface area contributed by atoms with Crippen LogP contribution in [0.3, 0.4) is 0 Å². The molecule has 0 aliphatic heterocycles. The summed E-state index contributed by atoms with van der Waals surface area (Å²) < 4.78 is 5.98. The first kappa shape index (κ1) is 16.0. The fourth-order valence-electron chi connectivity index (χ4n) is 2.87. The Morgan fingerprint density at radius 3 is 2.00 bits per heavy atom. The summed E-state index contributed by atoms with van der Waals surface area (Å²) in [6.45, 7) is 0. The van der Waals surface area contributed by atoms with Gasteiger partial charge in [-0.25, -0.2) is 0 Å². The second-order valence-corrected chi connectivity index (χ2v) is 5.98. The van der Waals surface area contributed by atoms with Crippen molar-refractivity contribution < 1.29 is 4.74 Å². The van der Waals surface area contributed by atoms with Crippen LogP contribution in [0.2, 0.25) is 0 Å². The maximum Gasteiger partial charge on any atom is 0.128 e. The van der Waals surface area contributed by atoms with E-state index in [1.807, 2.05) is 66.7 Å². The quantitative estimate of drug-likeness (QED) is 0.428. The Morgan fingerprint density at radius 1 is 0.538 bits per heavy atom. The van der Waals surface area contributed by atoms with Gasteiger partial charge in [0.25, 0.3) is 0 Å². The van der Waals surface area contributed by atoms with Crippen LogP contribution < -0.4 is 10.1 Å². The number of hydrogen-bond acceptors (Lipinski definition) is 2. The summed E-state index contributed by atoms with van der Waals surface area (Å²) >= 11 is 0. The molecule has 0 bridgehead atoms. The molecule has 126 valence electrons. The predicted octanol–water partition coefficient (Wildman–Crippen LogP) is 6.89. The molecule has 0 radical (unpaired) electrons. The monoisotopic (exact) mass is 337 g/mol. The number of benzene rings is 4. The van der Waals surface area contributed by atoms with Crippen molar-refractivity contribution in [3.63, 3.8) is 0 Å². The molecule has 0 unspecified atom stereocenters. The molecular formula is C24H19NO. The highest BCUT2D eigenvalue weighted by Gasteiger charge is 2.07. The number of hydrogen-bond donors (Lipinski definition) is 1. The summed E-state index contributed by atoms with van der Waals surface area (Å²) in [6, 6.07) is 36.5. The lowest BCUT2D eigenvalue weighted by molar-refractivity contribution is 0.483. The Balaban J connectivity index is 1.65. The third-order valence-corrected chi connectivity index (χ3v) is 4.10. The average Bonchev–Trinajstić information content (AvgIpc) is 2.70. The van der Waals surface area contributed by atoms with Crippen LogP contribution in [0, 0.1) is 0 Å². The van der Waals surface area contributed by atoms with Gasteiger partial charge in [0.2, 0.25) is 0 Å². The van der Waals surface area contributed by atoms with Crippen LogP contribution in [0.25, 0.3) is 11.1 Å². The zero-order valence-corrected chi connectivity index (χ0v) is 14.3. The first-order chi connectivity index (χ1) is 12.9. The van der Waals surface area contributed by atoms with Gasteiger partial charge in [-0.15, -0.1) is 0 Å². The smallest absolute Gasteiger partial charge is 0.128 e. The first-order valence-corrected chi connectivity index (χ1v) is 8.63. The SMILES string of the molecule is c1ccc(Nc2ccccc2-c2cccc(Oc3ccccc3)c2)cc1. The third-order valence-electron chi connectivity index (χ3n) is 4.10. The summed E-state index contributed by atoms with van der Waals surface area (Å²) in [6.07, 6.45) is 0. The summed E-state index contributed by atoms with van der Waals surface area (Å²) in [4.78, 5) is 0. The van der Waals surface area contributed by atoms with Crippen molar-refractivity contribution in [2.24, 2.45) is 0 Å². The molecule has 0 saturated heterocycles. The number of anilines is 2. The van der Waals surface area contributed by atoms with Gasteiger partial charge < -0.3 is 10.1 Å². The Labute approximate surface area is 153 Å². The van der Waals surface area contributed by atoms with Crippen LogP contribution >= 0.6 is 0 Å². The van der Waals surface area contributed by atoms with Crippen LogP contribution in [-0.4, -0.2) is 0 Å². The number of para-hydroxylation sites is 3. The fourth-order valence-corrected chi connectivity index (χ4v) is 2.87. The van der Waals surface area contributed by atoms with Gasteiger partial charge in [-0.2, -0.15) is 0 Å². The first-order valence-electron chi connectivity index (χ1n) is 8.63. The summed E-state index contributed by atoms with van der Waals surface area (Å²) in [7, 11) is 0. The van der Waals surface area contributed by atoms with Gasteiger partial charge in [-0.05, 0) is 48.0 Å². The number of rotatable bonds is 5. The topological polar surface area (TPSA) is 21.3 Å². The van der Waals surface area contributed by atoms with Crippen molar-refractivity contribution in [1.82, 2.24) is 0 Å². The number of ether oxygens (including phenoxy) is 1.